The first-order chi connectivity index (χ1) is 13.2. The molecule has 27 heavy (non-hydrogen) atoms. The largest absolute Gasteiger partial charge is 0.399 e. The van der Waals surface area contributed by atoms with Gasteiger partial charge in [-0.2, -0.15) is 0 Å². The van der Waals surface area contributed by atoms with E-state index < -0.39 is 0 Å². The Labute approximate surface area is 159 Å². The van der Waals surface area contributed by atoms with Gasteiger partial charge < -0.3 is 15.0 Å². The molecule has 1 aliphatic heterocycles. The third-order valence-corrected chi connectivity index (χ3v) is 5.19. The molecule has 1 fully saturated rings. The van der Waals surface area contributed by atoms with Gasteiger partial charge in [-0.25, -0.2) is 4.98 Å². The molecule has 2 N–H and O–H groups in total. The molecule has 3 aromatic rings. The number of benzene rings is 1. The van der Waals surface area contributed by atoms with Crippen LogP contribution < -0.4 is 5.73 Å². The molecule has 0 spiro atoms. The Kier molecular flexibility index (Phi) is 5.07. The number of amides is 1. The van der Waals surface area contributed by atoms with Gasteiger partial charge in [-0.05, 0) is 30.2 Å². The van der Waals surface area contributed by atoms with Crippen LogP contribution in [0.25, 0.3) is 5.65 Å². The number of hydrogen-bond donors (Lipinski definition) is 1. The molecule has 0 aliphatic carbocycles. The maximum Gasteiger partial charge on any atom is 0.222 e. The maximum atomic E-state index is 12.5. The second kappa shape index (κ2) is 7.80. The number of nitrogens with two attached hydrogens (primary N) is 1. The monoisotopic (exact) mass is 363 g/mol. The number of nitrogen functional groups attached to an aromatic ring is 1. The van der Waals surface area contributed by atoms with E-state index in [9.17, 15) is 4.79 Å². The van der Waals surface area contributed by atoms with E-state index >= 15 is 0 Å². The van der Waals surface area contributed by atoms with Crippen LogP contribution in [0.5, 0.6) is 0 Å². The third kappa shape index (κ3) is 4.11. The highest BCUT2D eigenvalue weighted by Crippen LogP contribution is 2.15. The van der Waals surface area contributed by atoms with Gasteiger partial charge in [0, 0.05) is 57.2 Å². The molecule has 0 saturated carbocycles. The summed E-state index contributed by atoms with van der Waals surface area (Å²) in [6, 6.07) is 13.8. The number of aromatic nitrogens is 2. The van der Waals surface area contributed by atoms with E-state index in [-0.39, 0.29) is 5.91 Å². The molecule has 1 amide bonds. The van der Waals surface area contributed by atoms with E-state index in [2.05, 4.69) is 16.1 Å². The van der Waals surface area contributed by atoms with Crippen LogP contribution in [-0.4, -0.2) is 51.3 Å². The summed E-state index contributed by atoms with van der Waals surface area (Å²) >= 11 is 0. The van der Waals surface area contributed by atoms with Gasteiger partial charge >= 0.3 is 0 Å². The van der Waals surface area contributed by atoms with Crippen molar-refractivity contribution in [2.45, 2.75) is 19.4 Å². The number of imidazole rings is 1. The molecule has 0 bridgehead atoms. The molecule has 4 rings (SSSR count). The number of rotatable bonds is 5. The lowest BCUT2D eigenvalue weighted by Gasteiger charge is -2.34. The smallest absolute Gasteiger partial charge is 0.222 e. The lowest BCUT2D eigenvalue weighted by atomic mass is 10.1. The van der Waals surface area contributed by atoms with Crippen molar-refractivity contribution < 1.29 is 4.79 Å². The summed E-state index contributed by atoms with van der Waals surface area (Å²) in [7, 11) is 0. The second-order valence-corrected chi connectivity index (χ2v) is 7.05. The average Bonchev–Trinajstić information content (AvgIpc) is 3.10. The van der Waals surface area contributed by atoms with E-state index in [1.807, 2.05) is 58.0 Å². The number of carbonyl (C=O) groups is 1. The van der Waals surface area contributed by atoms with Crippen LogP contribution in [0.2, 0.25) is 0 Å². The van der Waals surface area contributed by atoms with E-state index in [0.29, 0.717) is 12.8 Å². The zero-order valence-corrected chi connectivity index (χ0v) is 15.4. The molecule has 140 valence electrons. The molecule has 2 aromatic heterocycles. The van der Waals surface area contributed by atoms with Gasteiger partial charge in [0.2, 0.25) is 5.91 Å². The predicted octanol–water partition coefficient (Wildman–Crippen LogP) is 2.19. The first kappa shape index (κ1) is 17.5. The van der Waals surface area contributed by atoms with Crippen molar-refractivity contribution in [2.75, 3.05) is 31.9 Å². The van der Waals surface area contributed by atoms with Gasteiger partial charge in [-0.15, -0.1) is 0 Å². The van der Waals surface area contributed by atoms with Crippen molar-refractivity contribution in [1.82, 2.24) is 19.2 Å². The Morgan fingerprint density at radius 3 is 2.59 bits per heavy atom. The van der Waals surface area contributed by atoms with Crippen molar-refractivity contribution in [1.29, 1.82) is 0 Å². The highest BCUT2D eigenvalue weighted by Gasteiger charge is 2.21. The molecule has 1 aliphatic rings. The number of hydrogen-bond acceptors (Lipinski definition) is 4. The summed E-state index contributed by atoms with van der Waals surface area (Å²) in [5.41, 5.74) is 9.83. The number of pyridine rings is 1. The van der Waals surface area contributed by atoms with E-state index in [0.717, 1.165) is 55.3 Å². The maximum absolute atomic E-state index is 12.5. The summed E-state index contributed by atoms with van der Waals surface area (Å²) in [6.07, 6.45) is 5.31. The molecule has 1 saturated heterocycles. The number of nitrogens with zero attached hydrogens (tertiary/aromatic N) is 4. The number of anilines is 1. The number of fused-ring (bicyclic) bond motifs is 1. The van der Waals surface area contributed by atoms with Crippen molar-refractivity contribution in [2.24, 2.45) is 0 Å². The molecule has 3 heterocycles. The topological polar surface area (TPSA) is 66.9 Å². The van der Waals surface area contributed by atoms with Gasteiger partial charge in [0.25, 0.3) is 0 Å². The van der Waals surface area contributed by atoms with Gasteiger partial charge in [-0.1, -0.05) is 24.3 Å². The van der Waals surface area contributed by atoms with Gasteiger partial charge in [-0.3, -0.25) is 9.69 Å². The Balaban J connectivity index is 1.27. The Morgan fingerprint density at radius 1 is 1.04 bits per heavy atom. The van der Waals surface area contributed by atoms with Crippen LogP contribution in [0, 0.1) is 0 Å². The van der Waals surface area contributed by atoms with Crippen LogP contribution in [-0.2, 0) is 17.8 Å². The SMILES string of the molecule is Nc1ccccc1CCC(=O)N1CCN(Cc2cn3ccccc3n2)CC1. The Bertz CT molecular complexity index is 894. The summed E-state index contributed by atoms with van der Waals surface area (Å²) in [5.74, 6) is 0.214. The predicted molar refractivity (Wildman–Crippen MR) is 106 cm³/mol. The second-order valence-electron chi connectivity index (χ2n) is 7.05. The molecule has 6 nitrogen and oxygen atoms in total. The normalized spacial score (nSPS) is 15.3. The number of piperazine rings is 1. The lowest BCUT2D eigenvalue weighted by molar-refractivity contribution is -0.133. The first-order valence-electron chi connectivity index (χ1n) is 9.45. The summed E-state index contributed by atoms with van der Waals surface area (Å²) in [4.78, 5) is 21.5. The van der Waals surface area contributed by atoms with E-state index in [1.165, 1.54) is 0 Å². The molecular formula is C21H25N5O. The van der Waals surface area contributed by atoms with Crippen LogP contribution in [0.4, 0.5) is 5.69 Å². The van der Waals surface area contributed by atoms with Crippen molar-refractivity contribution in [3.63, 3.8) is 0 Å². The van der Waals surface area contributed by atoms with Crippen LogP contribution in [0.3, 0.4) is 0 Å². The fraction of sp³-hybridized carbons (Fsp3) is 0.333. The highest BCUT2D eigenvalue weighted by molar-refractivity contribution is 5.76. The minimum absolute atomic E-state index is 0.214. The van der Waals surface area contributed by atoms with Crippen molar-refractivity contribution >= 4 is 17.2 Å². The summed E-state index contributed by atoms with van der Waals surface area (Å²) in [5, 5.41) is 0. The summed E-state index contributed by atoms with van der Waals surface area (Å²) < 4.78 is 2.05. The minimum atomic E-state index is 0.214. The van der Waals surface area contributed by atoms with E-state index in [1.54, 1.807) is 0 Å². The van der Waals surface area contributed by atoms with E-state index in [4.69, 9.17) is 5.73 Å². The molecule has 0 atom stereocenters. The van der Waals surface area contributed by atoms with Crippen molar-refractivity contribution in [3.05, 3.63) is 66.1 Å². The molecule has 6 heteroatoms. The quantitative estimate of drug-likeness (QED) is 0.706. The first-order valence-corrected chi connectivity index (χ1v) is 9.45. The molecule has 1 aromatic carbocycles. The molecule has 0 unspecified atom stereocenters. The zero-order valence-electron chi connectivity index (χ0n) is 15.4. The van der Waals surface area contributed by atoms with Crippen LogP contribution in [0.15, 0.2) is 54.9 Å². The molecular weight excluding hydrogens is 338 g/mol. The zero-order chi connectivity index (χ0) is 18.6. The lowest BCUT2D eigenvalue weighted by Crippen LogP contribution is -2.48. The van der Waals surface area contributed by atoms with Gasteiger partial charge in [0.05, 0.1) is 5.69 Å². The standard InChI is InChI=1S/C21H25N5O/c22-19-6-2-1-5-17(19)8-9-21(27)25-13-11-24(12-14-25)15-18-16-26-10-4-3-7-20(26)23-18/h1-7,10,16H,8-9,11-15,22H2. The van der Waals surface area contributed by atoms with Crippen molar-refractivity contribution in [3.8, 4) is 0 Å². The number of aryl methyl sites for hydroxylation is 1. The number of carbonyl (C=O) groups excluding carboxylic acids is 1. The van der Waals surface area contributed by atoms with Gasteiger partial charge in [0.15, 0.2) is 0 Å². The fourth-order valence-electron chi connectivity index (χ4n) is 3.61. The fourth-order valence-corrected chi connectivity index (χ4v) is 3.61. The highest BCUT2D eigenvalue weighted by atomic mass is 16.2. The summed E-state index contributed by atoms with van der Waals surface area (Å²) in [6.45, 7) is 4.14. The molecule has 0 radical (unpaired) electrons. The third-order valence-electron chi connectivity index (χ3n) is 5.19. The average molecular weight is 363 g/mol. The number of para-hydroxylation sites is 1. The van der Waals surface area contributed by atoms with Gasteiger partial charge in [0.1, 0.15) is 5.65 Å². The minimum Gasteiger partial charge on any atom is -0.399 e. The van der Waals surface area contributed by atoms with Crippen LogP contribution >= 0.6 is 0 Å². The van der Waals surface area contributed by atoms with Crippen LogP contribution in [0.1, 0.15) is 17.7 Å². The Hall–Kier alpha value is -2.86. The Morgan fingerprint density at radius 2 is 1.81 bits per heavy atom.